The fraction of sp³-hybridized carbons (Fsp3) is 1.00. The van der Waals surface area contributed by atoms with E-state index in [9.17, 15) is 0 Å². The zero-order chi connectivity index (χ0) is 21.4. The molecule has 0 aromatic heterocycles. The Morgan fingerprint density at radius 1 is 1.00 bits per heavy atom. The van der Waals surface area contributed by atoms with Gasteiger partial charge in [0.2, 0.25) is 0 Å². The molecule has 0 amide bonds. The molecule has 0 unspecified atom stereocenters. The van der Waals surface area contributed by atoms with Crippen molar-refractivity contribution in [1.82, 2.24) is 4.90 Å². The largest absolute Gasteiger partial charge is 0.388 e. The molecule has 1 fully saturated rings. The second-order valence-electron chi connectivity index (χ2n) is 6.77. The summed E-state index contributed by atoms with van der Waals surface area (Å²) in [6.07, 6.45) is 5.44. The van der Waals surface area contributed by atoms with Crippen LogP contribution in [-0.4, -0.2) is 61.7 Å². The Kier molecular flexibility index (Phi) is 34.8. The van der Waals surface area contributed by atoms with Crippen molar-refractivity contribution < 1.29 is 14.6 Å². The lowest BCUT2D eigenvalue weighted by atomic mass is 10.2. The smallest absolute Gasteiger partial charge is 0.0824 e. The van der Waals surface area contributed by atoms with E-state index in [1.807, 2.05) is 41.5 Å². The molecule has 1 N–H and O–H groups in total. The summed E-state index contributed by atoms with van der Waals surface area (Å²) in [5.41, 5.74) is -0.690. The normalized spacial score (nSPS) is 13.3. The fourth-order valence-corrected chi connectivity index (χ4v) is 1.81. The summed E-state index contributed by atoms with van der Waals surface area (Å²) in [7, 11) is 1.77. The van der Waals surface area contributed by atoms with E-state index < -0.39 is 5.60 Å². The Morgan fingerprint density at radius 2 is 1.42 bits per heavy atom. The van der Waals surface area contributed by atoms with Crippen LogP contribution in [0.4, 0.5) is 0 Å². The Balaban J connectivity index is -0.000000139. The monoisotopic (exact) mass is 379 g/mol. The number of hydrogen-bond acceptors (Lipinski definition) is 4. The van der Waals surface area contributed by atoms with Crippen LogP contribution >= 0.6 is 0 Å². The minimum absolute atomic E-state index is 0.205. The molecule has 0 bridgehead atoms. The summed E-state index contributed by atoms with van der Waals surface area (Å²) >= 11 is 0. The van der Waals surface area contributed by atoms with Crippen molar-refractivity contribution in [2.75, 3.05) is 40.0 Å². The van der Waals surface area contributed by atoms with E-state index in [-0.39, 0.29) is 6.10 Å². The zero-order valence-electron chi connectivity index (χ0n) is 20.2. The second-order valence-corrected chi connectivity index (χ2v) is 6.77. The SMILES string of the molecule is CC.CC.CC(C)OCC(C)(C)O.CCC.COCCCN1CCCC1. The van der Waals surface area contributed by atoms with Gasteiger partial charge in [-0.2, -0.15) is 0 Å². The molecule has 0 aromatic rings. The highest BCUT2D eigenvalue weighted by atomic mass is 16.5. The lowest BCUT2D eigenvalue weighted by Gasteiger charge is -2.18. The number of aliphatic hydroxyl groups is 1. The maximum Gasteiger partial charge on any atom is 0.0824 e. The molecule has 26 heavy (non-hydrogen) atoms. The van der Waals surface area contributed by atoms with Crippen LogP contribution in [-0.2, 0) is 9.47 Å². The molecule has 0 spiro atoms. The second kappa shape index (κ2) is 27.1. The van der Waals surface area contributed by atoms with Crippen molar-refractivity contribution in [2.24, 2.45) is 0 Å². The molecular weight excluding hydrogens is 326 g/mol. The predicted molar refractivity (Wildman–Crippen MR) is 118 cm³/mol. The summed E-state index contributed by atoms with van der Waals surface area (Å²) in [5, 5.41) is 9.14. The van der Waals surface area contributed by atoms with Crippen LogP contribution in [0, 0.1) is 0 Å². The van der Waals surface area contributed by atoms with Crippen LogP contribution in [0.3, 0.4) is 0 Å². The lowest BCUT2D eigenvalue weighted by Crippen LogP contribution is -2.27. The van der Waals surface area contributed by atoms with Gasteiger partial charge in [0, 0.05) is 20.3 Å². The summed E-state index contributed by atoms with van der Waals surface area (Å²) in [4.78, 5) is 2.51. The van der Waals surface area contributed by atoms with Gasteiger partial charge in [-0.05, 0) is 60.0 Å². The van der Waals surface area contributed by atoms with Gasteiger partial charge in [-0.15, -0.1) is 0 Å². The number of likely N-dealkylation sites (tertiary alicyclic amines) is 1. The molecule has 1 saturated heterocycles. The minimum Gasteiger partial charge on any atom is -0.388 e. The van der Waals surface area contributed by atoms with E-state index in [1.54, 1.807) is 21.0 Å². The van der Waals surface area contributed by atoms with Gasteiger partial charge in [0.15, 0.2) is 0 Å². The van der Waals surface area contributed by atoms with Gasteiger partial charge in [-0.1, -0.05) is 48.0 Å². The molecular formula is C22H53NO3. The van der Waals surface area contributed by atoms with Gasteiger partial charge in [0.25, 0.3) is 0 Å². The summed E-state index contributed by atoms with van der Waals surface area (Å²) in [6.45, 7) is 24.8. The first-order valence-corrected chi connectivity index (χ1v) is 10.8. The molecule has 0 aromatic carbocycles. The molecule has 4 nitrogen and oxygen atoms in total. The van der Waals surface area contributed by atoms with Crippen molar-refractivity contribution in [3.8, 4) is 0 Å². The first-order valence-electron chi connectivity index (χ1n) is 10.8. The van der Waals surface area contributed by atoms with Crippen LogP contribution in [0.1, 0.15) is 94.9 Å². The van der Waals surface area contributed by atoms with Crippen molar-refractivity contribution in [2.45, 2.75) is 107 Å². The highest BCUT2D eigenvalue weighted by Crippen LogP contribution is 2.06. The van der Waals surface area contributed by atoms with Crippen LogP contribution in [0.2, 0.25) is 0 Å². The molecule has 164 valence electrons. The number of nitrogens with zero attached hydrogens (tertiary/aromatic N) is 1. The molecule has 1 heterocycles. The fourth-order valence-electron chi connectivity index (χ4n) is 1.81. The number of hydrogen-bond donors (Lipinski definition) is 1. The van der Waals surface area contributed by atoms with E-state index in [0.29, 0.717) is 6.61 Å². The molecule has 1 aliphatic heterocycles. The van der Waals surface area contributed by atoms with Crippen molar-refractivity contribution >= 4 is 0 Å². The van der Waals surface area contributed by atoms with Gasteiger partial charge < -0.3 is 19.5 Å². The quantitative estimate of drug-likeness (QED) is 0.570. The Morgan fingerprint density at radius 3 is 1.69 bits per heavy atom. The highest BCUT2D eigenvalue weighted by molar-refractivity contribution is 4.65. The number of methoxy groups -OCH3 is 1. The van der Waals surface area contributed by atoms with E-state index in [4.69, 9.17) is 14.6 Å². The maximum atomic E-state index is 9.14. The number of rotatable bonds is 7. The predicted octanol–water partition coefficient (Wildman–Crippen LogP) is 5.77. The van der Waals surface area contributed by atoms with Crippen molar-refractivity contribution in [1.29, 1.82) is 0 Å². The topological polar surface area (TPSA) is 41.9 Å². The summed E-state index contributed by atoms with van der Waals surface area (Å²) in [5.74, 6) is 0. The molecule has 0 aliphatic carbocycles. The van der Waals surface area contributed by atoms with E-state index in [2.05, 4.69) is 18.7 Å². The van der Waals surface area contributed by atoms with E-state index in [0.717, 1.165) is 6.61 Å². The molecule has 0 radical (unpaired) electrons. The van der Waals surface area contributed by atoms with E-state index >= 15 is 0 Å². The van der Waals surface area contributed by atoms with Gasteiger partial charge in [-0.3, -0.25) is 0 Å². The highest BCUT2D eigenvalue weighted by Gasteiger charge is 2.12. The maximum absolute atomic E-state index is 9.14. The summed E-state index contributed by atoms with van der Waals surface area (Å²) in [6, 6.07) is 0. The van der Waals surface area contributed by atoms with Crippen molar-refractivity contribution in [3.63, 3.8) is 0 Å². The molecule has 1 rings (SSSR count). The first-order chi connectivity index (χ1) is 12.3. The average Bonchev–Trinajstić information content (AvgIpc) is 3.11. The third-order valence-corrected chi connectivity index (χ3v) is 2.79. The molecule has 0 atom stereocenters. The molecule has 4 heteroatoms. The van der Waals surface area contributed by atoms with Gasteiger partial charge in [0.05, 0.1) is 18.3 Å². The van der Waals surface area contributed by atoms with Gasteiger partial charge in [-0.25, -0.2) is 0 Å². The van der Waals surface area contributed by atoms with Crippen LogP contribution in [0.25, 0.3) is 0 Å². The minimum atomic E-state index is -0.690. The van der Waals surface area contributed by atoms with Crippen LogP contribution < -0.4 is 0 Å². The van der Waals surface area contributed by atoms with Crippen LogP contribution in [0.5, 0.6) is 0 Å². The third-order valence-electron chi connectivity index (χ3n) is 2.79. The summed E-state index contributed by atoms with van der Waals surface area (Å²) < 4.78 is 10.1. The number of ether oxygens (including phenoxy) is 2. The third kappa shape index (κ3) is 39.1. The molecule has 0 saturated carbocycles. The first kappa shape index (κ1) is 33.4. The van der Waals surface area contributed by atoms with Gasteiger partial charge in [0.1, 0.15) is 0 Å². The lowest BCUT2D eigenvalue weighted by molar-refractivity contribution is -0.0423. The van der Waals surface area contributed by atoms with E-state index in [1.165, 1.54) is 45.3 Å². The Bertz CT molecular complexity index is 210. The molecule has 1 aliphatic rings. The van der Waals surface area contributed by atoms with Crippen LogP contribution in [0.15, 0.2) is 0 Å². The van der Waals surface area contributed by atoms with Crippen molar-refractivity contribution in [3.05, 3.63) is 0 Å². The standard InChI is InChI=1S/C8H17NO.C7H16O2.C3H8.2C2H6/c1-10-8-4-7-9-5-2-3-6-9;1-6(2)9-5-7(3,4)8;1-3-2;2*1-2/h2-8H2,1H3;6,8H,5H2,1-4H3;3H2,1-2H3;2*1-2H3. The Labute approximate surface area is 166 Å². The average molecular weight is 380 g/mol. The van der Waals surface area contributed by atoms with Gasteiger partial charge >= 0.3 is 0 Å². The Hall–Kier alpha value is -0.160. The zero-order valence-corrected chi connectivity index (χ0v) is 20.2.